The van der Waals surface area contributed by atoms with Crippen molar-refractivity contribution in [3.05, 3.63) is 65.9 Å². The number of nitrogens with two attached hydrogens (primary N) is 1. The lowest BCUT2D eigenvalue weighted by molar-refractivity contribution is -0.130. The molecule has 8 heteroatoms. The van der Waals surface area contributed by atoms with Gasteiger partial charge in [-0.15, -0.1) is 0 Å². The number of amides is 1. The Hall–Kier alpha value is -3.65. The van der Waals surface area contributed by atoms with E-state index in [0.717, 1.165) is 42.7 Å². The molecule has 1 aliphatic heterocycles. The number of para-hydroxylation sites is 1. The van der Waals surface area contributed by atoms with Gasteiger partial charge in [0.1, 0.15) is 5.71 Å². The SMILES string of the molecule is CNc1ccccc1C(=N)C(=O)N1CCC(CCNc2ccc(/C(C=N)=C/N)cc2)(OC)CC1. The highest BCUT2D eigenvalue weighted by Gasteiger charge is 2.36. The van der Waals surface area contributed by atoms with Crippen molar-refractivity contribution in [1.82, 2.24) is 4.90 Å². The maximum atomic E-state index is 13.0. The molecule has 1 heterocycles. The number of rotatable bonds is 10. The van der Waals surface area contributed by atoms with E-state index in [1.165, 1.54) is 12.4 Å². The van der Waals surface area contributed by atoms with Gasteiger partial charge in [0.05, 0.1) is 5.60 Å². The van der Waals surface area contributed by atoms with Crippen molar-refractivity contribution in [2.45, 2.75) is 24.9 Å². The molecule has 0 radical (unpaired) electrons. The average molecular weight is 463 g/mol. The van der Waals surface area contributed by atoms with E-state index in [9.17, 15) is 4.79 Å². The van der Waals surface area contributed by atoms with Crippen molar-refractivity contribution in [1.29, 1.82) is 10.8 Å². The molecule has 0 bridgehead atoms. The Morgan fingerprint density at radius 2 is 1.85 bits per heavy atom. The molecule has 34 heavy (non-hydrogen) atoms. The summed E-state index contributed by atoms with van der Waals surface area (Å²) in [5.41, 5.74) is 9.21. The summed E-state index contributed by atoms with van der Waals surface area (Å²) in [6, 6.07) is 15.2. The summed E-state index contributed by atoms with van der Waals surface area (Å²) >= 11 is 0. The van der Waals surface area contributed by atoms with Crippen molar-refractivity contribution in [2.24, 2.45) is 5.73 Å². The summed E-state index contributed by atoms with van der Waals surface area (Å²) in [7, 11) is 3.52. The summed E-state index contributed by atoms with van der Waals surface area (Å²) in [6.45, 7) is 1.85. The third kappa shape index (κ3) is 5.63. The van der Waals surface area contributed by atoms with Crippen LogP contribution in [-0.2, 0) is 9.53 Å². The quantitative estimate of drug-likeness (QED) is 0.345. The predicted molar refractivity (Wildman–Crippen MR) is 139 cm³/mol. The topological polar surface area (TPSA) is 127 Å². The summed E-state index contributed by atoms with van der Waals surface area (Å²) in [4.78, 5) is 14.7. The van der Waals surface area contributed by atoms with Gasteiger partial charge in [-0.1, -0.05) is 30.3 Å². The summed E-state index contributed by atoms with van der Waals surface area (Å²) in [5, 5.41) is 22.3. The zero-order valence-electron chi connectivity index (χ0n) is 19.9. The molecule has 0 atom stereocenters. The first-order chi connectivity index (χ1) is 16.5. The molecule has 2 aromatic rings. The molecule has 0 unspecified atom stereocenters. The van der Waals surface area contributed by atoms with E-state index in [1.807, 2.05) is 42.5 Å². The first kappa shape index (κ1) is 25.0. The van der Waals surface area contributed by atoms with Crippen molar-refractivity contribution < 1.29 is 9.53 Å². The number of methoxy groups -OCH3 is 1. The van der Waals surface area contributed by atoms with E-state index in [4.69, 9.17) is 21.3 Å². The molecule has 1 amide bonds. The number of carbonyl (C=O) groups excluding carboxylic acids is 1. The second kappa shape index (κ2) is 11.5. The smallest absolute Gasteiger partial charge is 0.272 e. The van der Waals surface area contributed by atoms with E-state index >= 15 is 0 Å². The molecule has 1 saturated heterocycles. The lowest BCUT2D eigenvalue weighted by Crippen LogP contribution is -2.50. The van der Waals surface area contributed by atoms with Gasteiger partial charge in [-0.3, -0.25) is 10.2 Å². The van der Waals surface area contributed by atoms with Crippen LogP contribution in [0.5, 0.6) is 0 Å². The Morgan fingerprint density at radius 1 is 1.18 bits per heavy atom. The number of allylic oxidation sites excluding steroid dienone is 1. The van der Waals surface area contributed by atoms with E-state index in [-0.39, 0.29) is 17.2 Å². The van der Waals surface area contributed by atoms with Crippen LogP contribution in [0.1, 0.15) is 30.4 Å². The Kier molecular flexibility index (Phi) is 8.43. The monoisotopic (exact) mass is 462 g/mol. The van der Waals surface area contributed by atoms with Crippen LogP contribution in [0.3, 0.4) is 0 Å². The minimum absolute atomic E-state index is 0.00985. The maximum Gasteiger partial charge on any atom is 0.272 e. The van der Waals surface area contributed by atoms with Crippen molar-refractivity contribution >= 4 is 34.8 Å². The molecule has 180 valence electrons. The van der Waals surface area contributed by atoms with Crippen LogP contribution in [0.25, 0.3) is 5.57 Å². The van der Waals surface area contributed by atoms with Crippen LogP contribution in [0.2, 0.25) is 0 Å². The minimum atomic E-state index is -0.301. The average Bonchev–Trinajstić information content (AvgIpc) is 2.89. The highest BCUT2D eigenvalue weighted by Crippen LogP contribution is 2.30. The molecule has 0 aromatic heterocycles. The van der Waals surface area contributed by atoms with E-state index in [1.54, 1.807) is 25.1 Å². The summed E-state index contributed by atoms with van der Waals surface area (Å²) < 4.78 is 5.92. The molecule has 2 aromatic carbocycles. The number of likely N-dealkylation sites (tertiary alicyclic amines) is 1. The molecule has 0 aliphatic carbocycles. The van der Waals surface area contributed by atoms with E-state index < -0.39 is 0 Å². The number of ether oxygens (including phenoxy) is 1. The normalized spacial score (nSPS) is 15.5. The van der Waals surface area contributed by atoms with Gasteiger partial charge >= 0.3 is 0 Å². The van der Waals surface area contributed by atoms with Gasteiger partial charge in [0.15, 0.2) is 0 Å². The van der Waals surface area contributed by atoms with E-state index in [2.05, 4.69) is 10.6 Å². The number of piperidine rings is 1. The summed E-state index contributed by atoms with van der Waals surface area (Å²) in [5.74, 6) is -0.249. The third-order valence-electron chi connectivity index (χ3n) is 6.54. The number of hydrogen-bond donors (Lipinski definition) is 5. The van der Waals surface area contributed by atoms with Crippen LogP contribution in [0.4, 0.5) is 11.4 Å². The first-order valence-electron chi connectivity index (χ1n) is 11.4. The fourth-order valence-corrected chi connectivity index (χ4v) is 4.31. The van der Waals surface area contributed by atoms with Crippen molar-refractivity contribution in [3.63, 3.8) is 0 Å². The van der Waals surface area contributed by atoms with Crippen LogP contribution in [0.15, 0.2) is 54.7 Å². The molecule has 0 saturated carbocycles. The van der Waals surface area contributed by atoms with Gasteiger partial charge in [0, 0.05) is 68.7 Å². The highest BCUT2D eigenvalue weighted by molar-refractivity contribution is 6.45. The van der Waals surface area contributed by atoms with Crippen LogP contribution < -0.4 is 16.4 Å². The van der Waals surface area contributed by atoms with E-state index in [0.29, 0.717) is 24.2 Å². The minimum Gasteiger partial charge on any atom is -0.404 e. The standard InChI is InChI=1S/C26H34N6O2/c1-30-23-6-4-3-5-22(23)24(29)25(33)32-15-12-26(34-2,13-16-32)11-14-31-21-9-7-19(8-10-21)20(17-27)18-28/h3-10,17-18,27,29-31H,11-16,28H2,1-2H3/b20-18+,27-17?,29-24?. The first-order valence-corrected chi connectivity index (χ1v) is 11.4. The van der Waals surface area contributed by atoms with Gasteiger partial charge in [-0.25, -0.2) is 0 Å². The predicted octanol–water partition coefficient (Wildman–Crippen LogP) is 3.56. The molecule has 1 fully saturated rings. The van der Waals surface area contributed by atoms with Gasteiger partial charge in [0.2, 0.25) is 0 Å². The number of anilines is 2. The molecule has 0 spiro atoms. The second-order valence-corrected chi connectivity index (χ2v) is 8.37. The summed E-state index contributed by atoms with van der Waals surface area (Å²) in [6.07, 6.45) is 4.92. The van der Waals surface area contributed by atoms with Gasteiger partial charge in [-0.05, 0) is 43.0 Å². The Balaban J connectivity index is 1.54. The number of benzene rings is 2. The van der Waals surface area contributed by atoms with Crippen LogP contribution >= 0.6 is 0 Å². The number of nitrogens with one attached hydrogen (secondary N) is 4. The molecule has 8 nitrogen and oxygen atoms in total. The molecule has 3 rings (SSSR count). The Labute approximate surface area is 201 Å². The zero-order chi connectivity index (χ0) is 24.6. The zero-order valence-corrected chi connectivity index (χ0v) is 19.9. The molecule has 1 aliphatic rings. The Bertz CT molecular complexity index is 1040. The molecular formula is C26H34N6O2. The maximum absolute atomic E-state index is 13.0. The number of hydrogen-bond acceptors (Lipinski definition) is 7. The number of carbonyl (C=O) groups is 1. The lowest BCUT2D eigenvalue weighted by Gasteiger charge is -2.41. The number of nitrogens with zero attached hydrogens (tertiary/aromatic N) is 1. The third-order valence-corrected chi connectivity index (χ3v) is 6.54. The Morgan fingerprint density at radius 3 is 2.44 bits per heavy atom. The van der Waals surface area contributed by atoms with Gasteiger partial charge < -0.3 is 31.4 Å². The molecular weight excluding hydrogens is 428 g/mol. The van der Waals surface area contributed by atoms with Crippen molar-refractivity contribution in [2.75, 3.05) is 44.4 Å². The second-order valence-electron chi connectivity index (χ2n) is 8.37. The van der Waals surface area contributed by atoms with Crippen LogP contribution in [0, 0.1) is 10.8 Å². The highest BCUT2D eigenvalue weighted by atomic mass is 16.5. The van der Waals surface area contributed by atoms with Gasteiger partial charge in [-0.2, -0.15) is 0 Å². The molecule has 6 N–H and O–H groups in total. The van der Waals surface area contributed by atoms with Crippen LogP contribution in [-0.4, -0.2) is 62.1 Å². The fraction of sp³-hybridized carbons (Fsp3) is 0.346. The van der Waals surface area contributed by atoms with Crippen molar-refractivity contribution in [3.8, 4) is 0 Å². The van der Waals surface area contributed by atoms with Gasteiger partial charge in [0.25, 0.3) is 5.91 Å². The lowest BCUT2D eigenvalue weighted by atomic mass is 9.87. The fourth-order valence-electron chi connectivity index (χ4n) is 4.31. The largest absolute Gasteiger partial charge is 0.404 e.